The van der Waals surface area contributed by atoms with Gasteiger partial charge in [0.1, 0.15) is 11.4 Å². The van der Waals surface area contributed by atoms with Gasteiger partial charge in [0.2, 0.25) is 5.91 Å². The molecule has 1 aromatic heterocycles. The minimum absolute atomic E-state index is 0.0307. The van der Waals surface area contributed by atoms with Crippen LogP contribution in [-0.2, 0) is 9.59 Å². The van der Waals surface area contributed by atoms with Crippen LogP contribution in [0.4, 0.5) is 10.8 Å². The van der Waals surface area contributed by atoms with Gasteiger partial charge >= 0.3 is 0 Å². The van der Waals surface area contributed by atoms with Crippen molar-refractivity contribution >= 4 is 67.9 Å². The van der Waals surface area contributed by atoms with Gasteiger partial charge in [-0.1, -0.05) is 35.6 Å². The first-order chi connectivity index (χ1) is 22.8. The topological polar surface area (TPSA) is 128 Å². The van der Waals surface area contributed by atoms with Crippen molar-refractivity contribution in [2.45, 2.75) is 17.1 Å². The summed E-state index contributed by atoms with van der Waals surface area (Å²) in [6, 6.07) is 26.5. The summed E-state index contributed by atoms with van der Waals surface area (Å²) in [6.45, 7) is 1.81. The Balaban J connectivity index is 1.26. The van der Waals surface area contributed by atoms with Crippen LogP contribution < -0.4 is 30.2 Å². The van der Waals surface area contributed by atoms with Crippen LogP contribution >= 0.6 is 23.1 Å². The Bertz CT molecular complexity index is 1930. The van der Waals surface area contributed by atoms with E-state index in [-0.39, 0.29) is 11.6 Å². The Kier molecular flexibility index (Phi) is 10.8. The molecule has 0 fully saturated rings. The molecule has 0 radical (unpaired) electrons. The van der Waals surface area contributed by atoms with E-state index in [0.717, 1.165) is 20.9 Å². The third-order valence-electron chi connectivity index (χ3n) is 6.87. The molecule has 5 aromatic rings. The summed E-state index contributed by atoms with van der Waals surface area (Å²) in [5.41, 5.74) is 2.34. The summed E-state index contributed by atoms with van der Waals surface area (Å²) in [5, 5.41) is 8.57. The fourth-order valence-electron chi connectivity index (χ4n) is 4.42. The summed E-state index contributed by atoms with van der Waals surface area (Å²) in [7, 11) is 4.66. The maximum Gasteiger partial charge on any atom is 0.272 e. The van der Waals surface area contributed by atoms with Gasteiger partial charge in [0, 0.05) is 16.1 Å². The zero-order valence-corrected chi connectivity index (χ0v) is 27.7. The Labute approximate surface area is 280 Å². The molecular formula is C35H32N4O6S2. The molecule has 0 saturated carbocycles. The average Bonchev–Trinajstić information content (AvgIpc) is 3.50. The van der Waals surface area contributed by atoms with Gasteiger partial charge in [0.15, 0.2) is 16.6 Å². The molecule has 0 aliphatic heterocycles. The molecule has 1 unspecified atom stereocenters. The standard InChI is InChI=1S/C35H32N4O6S2/c1-21(32(40)39-35-38-27-16-13-25(43-2)20-31(27)47-35)46-26-14-11-24(12-15-26)36-34(42)28(37-33(41)23-8-6-5-7-9-23)18-22-10-17-29(44-3)30(19-22)45-4/h5-21H,1-4H3,(H,36,42)(H,37,41)(H,38,39,40)/b28-18-. The first-order valence-corrected chi connectivity index (χ1v) is 16.1. The quantitative estimate of drug-likeness (QED) is 0.0973. The van der Waals surface area contributed by atoms with Crippen molar-refractivity contribution in [3.05, 3.63) is 108 Å². The molecule has 0 saturated heterocycles. The number of nitrogens with one attached hydrogen (secondary N) is 3. The molecule has 4 aromatic carbocycles. The summed E-state index contributed by atoms with van der Waals surface area (Å²) in [6.07, 6.45) is 1.56. The van der Waals surface area contributed by atoms with Gasteiger partial charge in [-0.15, -0.1) is 11.8 Å². The molecule has 3 amide bonds. The predicted octanol–water partition coefficient (Wildman–Crippen LogP) is 6.85. The molecule has 1 atom stereocenters. The molecular weight excluding hydrogens is 637 g/mol. The van der Waals surface area contributed by atoms with E-state index in [9.17, 15) is 14.4 Å². The van der Waals surface area contributed by atoms with Gasteiger partial charge in [-0.25, -0.2) is 4.98 Å². The van der Waals surface area contributed by atoms with Gasteiger partial charge < -0.3 is 30.2 Å². The lowest BCUT2D eigenvalue weighted by Gasteiger charge is -2.13. The number of nitrogens with zero attached hydrogens (tertiary/aromatic N) is 1. The molecule has 1 heterocycles. The predicted molar refractivity (Wildman–Crippen MR) is 187 cm³/mol. The third kappa shape index (κ3) is 8.48. The Morgan fingerprint density at radius 1 is 0.830 bits per heavy atom. The second kappa shape index (κ2) is 15.3. The molecule has 47 heavy (non-hydrogen) atoms. The molecule has 0 aliphatic carbocycles. The second-order valence-electron chi connectivity index (χ2n) is 10.1. The maximum absolute atomic E-state index is 13.5. The van der Waals surface area contributed by atoms with Crippen LogP contribution in [0.25, 0.3) is 16.3 Å². The van der Waals surface area contributed by atoms with Gasteiger partial charge in [-0.05, 0) is 85.3 Å². The highest BCUT2D eigenvalue weighted by molar-refractivity contribution is 8.00. The number of thioether (sulfide) groups is 1. The lowest BCUT2D eigenvalue weighted by molar-refractivity contribution is -0.115. The van der Waals surface area contributed by atoms with Crippen molar-refractivity contribution < 1.29 is 28.6 Å². The van der Waals surface area contributed by atoms with E-state index >= 15 is 0 Å². The summed E-state index contributed by atoms with van der Waals surface area (Å²) in [5.74, 6) is 0.601. The fourth-order valence-corrected chi connectivity index (χ4v) is 6.18. The van der Waals surface area contributed by atoms with Crippen molar-refractivity contribution in [3.63, 3.8) is 0 Å². The Morgan fingerprint density at radius 3 is 2.28 bits per heavy atom. The van der Waals surface area contributed by atoms with Crippen molar-refractivity contribution in [2.24, 2.45) is 0 Å². The van der Waals surface area contributed by atoms with E-state index in [1.807, 2.05) is 37.3 Å². The van der Waals surface area contributed by atoms with Crippen LogP contribution in [0, 0.1) is 0 Å². The zero-order valence-electron chi connectivity index (χ0n) is 26.0. The highest BCUT2D eigenvalue weighted by atomic mass is 32.2. The number of methoxy groups -OCH3 is 3. The van der Waals surface area contributed by atoms with Gasteiger partial charge in [0.25, 0.3) is 11.8 Å². The molecule has 240 valence electrons. The highest BCUT2D eigenvalue weighted by Gasteiger charge is 2.18. The second-order valence-corrected chi connectivity index (χ2v) is 12.5. The number of thiazole rings is 1. The number of amides is 3. The van der Waals surface area contributed by atoms with Crippen molar-refractivity contribution in [1.82, 2.24) is 10.3 Å². The summed E-state index contributed by atoms with van der Waals surface area (Å²) >= 11 is 2.75. The van der Waals surface area contributed by atoms with Gasteiger partial charge in [-0.3, -0.25) is 14.4 Å². The Morgan fingerprint density at radius 2 is 1.57 bits per heavy atom. The van der Waals surface area contributed by atoms with Crippen LogP contribution in [-0.4, -0.2) is 49.3 Å². The van der Waals surface area contributed by atoms with Crippen LogP contribution in [0.2, 0.25) is 0 Å². The molecule has 0 aliphatic rings. The average molecular weight is 669 g/mol. The monoisotopic (exact) mass is 668 g/mol. The van der Waals surface area contributed by atoms with E-state index in [4.69, 9.17) is 14.2 Å². The smallest absolute Gasteiger partial charge is 0.272 e. The van der Waals surface area contributed by atoms with Crippen molar-refractivity contribution in [3.8, 4) is 17.2 Å². The van der Waals surface area contributed by atoms with Crippen LogP contribution in [0.1, 0.15) is 22.8 Å². The lowest BCUT2D eigenvalue weighted by Crippen LogP contribution is -2.30. The van der Waals surface area contributed by atoms with Crippen molar-refractivity contribution in [1.29, 1.82) is 0 Å². The molecule has 10 nitrogen and oxygen atoms in total. The van der Waals surface area contributed by atoms with E-state index in [2.05, 4.69) is 20.9 Å². The minimum atomic E-state index is -0.523. The van der Waals surface area contributed by atoms with Crippen molar-refractivity contribution in [2.75, 3.05) is 32.0 Å². The Hall–Kier alpha value is -5.33. The van der Waals surface area contributed by atoms with E-state index in [0.29, 0.717) is 33.4 Å². The molecule has 0 bridgehead atoms. The van der Waals surface area contributed by atoms with Crippen LogP contribution in [0.5, 0.6) is 17.2 Å². The lowest BCUT2D eigenvalue weighted by atomic mass is 10.1. The summed E-state index contributed by atoms with van der Waals surface area (Å²) < 4.78 is 16.9. The molecule has 3 N–H and O–H groups in total. The number of carbonyl (C=O) groups excluding carboxylic acids is 3. The number of anilines is 2. The van der Waals surface area contributed by atoms with E-state index in [1.165, 1.54) is 37.3 Å². The zero-order chi connectivity index (χ0) is 33.3. The maximum atomic E-state index is 13.5. The number of ether oxygens (including phenoxy) is 3. The van der Waals surface area contributed by atoms with E-state index < -0.39 is 17.1 Å². The number of hydrogen-bond donors (Lipinski definition) is 3. The van der Waals surface area contributed by atoms with E-state index in [1.54, 1.807) is 73.8 Å². The molecule has 12 heteroatoms. The minimum Gasteiger partial charge on any atom is -0.497 e. The molecule has 5 rings (SSSR count). The highest BCUT2D eigenvalue weighted by Crippen LogP contribution is 2.31. The van der Waals surface area contributed by atoms with Gasteiger partial charge in [-0.2, -0.15) is 0 Å². The number of hydrogen-bond acceptors (Lipinski definition) is 9. The number of fused-ring (bicyclic) bond motifs is 1. The first-order valence-electron chi connectivity index (χ1n) is 14.4. The fraction of sp³-hybridized carbons (Fsp3) is 0.143. The molecule has 0 spiro atoms. The normalized spacial score (nSPS) is 11.8. The largest absolute Gasteiger partial charge is 0.497 e. The third-order valence-corrected chi connectivity index (χ3v) is 8.91. The van der Waals surface area contributed by atoms with Crippen LogP contribution in [0.3, 0.4) is 0 Å². The number of carbonyl (C=O) groups is 3. The summed E-state index contributed by atoms with van der Waals surface area (Å²) in [4.78, 5) is 44.7. The number of rotatable bonds is 12. The SMILES string of the molecule is COc1ccc2nc(NC(=O)C(C)Sc3ccc(NC(=O)/C(=C/c4ccc(OC)c(OC)c4)NC(=O)c4ccccc4)cc3)sc2c1. The number of benzene rings is 4. The number of aromatic nitrogens is 1. The van der Waals surface area contributed by atoms with Gasteiger partial charge in [0.05, 0.1) is 36.8 Å². The first kappa shape index (κ1) is 33.0. The van der Waals surface area contributed by atoms with Crippen LogP contribution in [0.15, 0.2) is 102 Å².